The summed E-state index contributed by atoms with van der Waals surface area (Å²) in [6, 6.07) is 11.8. The number of carboxylic acids is 1. The first kappa shape index (κ1) is 21.7. The Hall–Kier alpha value is -3.05. The minimum absolute atomic E-state index is 0.133. The average Bonchev–Trinajstić information content (AvgIpc) is 3.14. The Kier molecular flexibility index (Phi) is 5.77. The summed E-state index contributed by atoms with van der Waals surface area (Å²) in [5.74, 6) is -1.26. The largest absolute Gasteiger partial charge is 0.478 e. The first-order valence-corrected chi connectivity index (χ1v) is 11.4. The SMILES string of the molecule is CC(C)(Sc1nnnn1-c1ccc(C(=O)O)cc1)C(=O)c1ccc(S(C)(=O)=O)cc1. The monoisotopic (exact) mass is 446 g/mol. The number of benzene rings is 2. The van der Waals surface area contributed by atoms with Gasteiger partial charge in [-0.1, -0.05) is 23.9 Å². The van der Waals surface area contributed by atoms with Gasteiger partial charge < -0.3 is 5.11 Å². The number of rotatable bonds is 7. The quantitative estimate of drug-likeness (QED) is 0.429. The van der Waals surface area contributed by atoms with Crippen molar-refractivity contribution in [2.75, 3.05) is 6.26 Å². The highest BCUT2D eigenvalue weighted by molar-refractivity contribution is 8.01. The van der Waals surface area contributed by atoms with Crippen molar-refractivity contribution >= 4 is 33.4 Å². The van der Waals surface area contributed by atoms with Crippen molar-refractivity contribution in [3.63, 3.8) is 0 Å². The van der Waals surface area contributed by atoms with E-state index in [0.29, 0.717) is 16.4 Å². The summed E-state index contributed by atoms with van der Waals surface area (Å²) in [7, 11) is -3.35. The van der Waals surface area contributed by atoms with E-state index in [-0.39, 0.29) is 16.2 Å². The Morgan fingerprint density at radius 3 is 2.10 bits per heavy atom. The van der Waals surface area contributed by atoms with Crippen LogP contribution in [0.1, 0.15) is 34.6 Å². The Morgan fingerprint density at radius 2 is 1.57 bits per heavy atom. The van der Waals surface area contributed by atoms with Crippen LogP contribution in [0.5, 0.6) is 0 Å². The molecule has 2 aromatic carbocycles. The molecule has 3 rings (SSSR count). The fourth-order valence-electron chi connectivity index (χ4n) is 2.63. The minimum Gasteiger partial charge on any atom is -0.478 e. The number of sulfone groups is 1. The first-order valence-electron chi connectivity index (χ1n) is 8.65. The lowest BCUT2D eigenvalue weighted by molar-refractivity contribution is 0.0696. The van der Waals surface area contributed by atoms with Crippen molar-refractivity contribution in [2.24, 2.45) is 0 Å². The molecule has 1 heterocycles. The lowest BCUT2D eigenvalue weighted by atomic mass is 10.0. The number of carbonyl (C=O) groups excluding carboxylic acids is 1. The van der Waals surface area contributed by atoms with Crippen molar-refractivity contribution in [3.05, 3.63) is 59.7 Å². The molecule has 0 bridgehead atoms. The van der Waals surface area contributed by atoms with E-state index in [1.54, 1.807) is 26.0 Å². The summed E-state index contributed by atoms with van der Waals surface area (Å²) in [4.78, 5) is 24.2. The molecule has 0 saturated heterocycles. The second-order valence-electron chi connectivity index (χ2n) is 6.96. The van der Waals surface area contributed by atoms with Gasteiger partial charge in [-0.05, 0) is 60.7 Å². The molecule has 9 nitrogen and oxygen atoms in total. The third-order valence-electron chi connectivity index (χ3n) is 4.24. The summed E-state index contributed by atoms with van der Waals surface area (Å²) in [5, 5.41) is 20.9. The van der Waals surface area contributed by atoms with Crippen LogP contribution in [0.3, 0.4) is 0 Å². The smallest absolute Gasteiger partial charge is 0.335 e. The van der Waals surface area contributed by atoms with Gasteiger partial charge in [0.2, 0.25) is 5.16 Å². The molecule has 0 aliphatic heterocycles. The summed E-state index contributed by atoms with van der Waals surface area (Å²) < 4.78 is 23.7. The second kappa shape index (κ2) is 8.00. The van der Waals surface area contributed by atoms with Crippen molar-refractivity contribution in [1.29, 1.82) is 0 Å². The Bertz CT molecular complexity index is 1200. The Morgan fingerprint density at radius 1 is 1.00 bits per heavy atom. The molecule has 0 aliphatic rings. The molecule has 0 spiro atoms. The summed E-state index contributed by atoms with van der Waals surface area (Å²) in [6.07, 6.45) is 1.10. The maximum Gasteiger partial charge on any atom is 0.335 e. The van der Waals surface area contributed by atoms with Crippen LogP contribution in [0.2, 0.25) is 0 Å². The third-order valence-corrected chi connectivity index (χ3v) is 6.50. The Balaban J connectivity index is 1.84. The van der Waals surface area contributed by atoms with Crippen molar-refractivity contribution in [2.45, 2.75) is 28.6 Å². The normalized spacial score (nSPS) is 12.0. The van der Waals surface area contributed by atoms with Crippen LogP contribution in [0, 0.1) is 0 Å². The number of Topliss-reactive ketones (excluding diaryl/α,β-unsaturated/α-hetero) is 1. The number of tetrazole rings is 1. The zero-order valence-electron chi connectivity index (χ0n) is 16.3. The zero-order valence-corrected chi connectivity index (χ0v) is 17.9. The van der Waals surface area contributed by atoms with Gasteiger partial charge in [0.25, 0.3) is 0 Å². The lowest BCUT2D eigenvalue weighted by Gasteiger charge is -2.21. The van der Waals surface area contributed by atoms with Gasteiger partial charge in [-0.3, -0.25) is 4.79 Å². The van der Waals surface area contributed by atoms with Crippen molar-refractivity contribution in [3.8, 4) is 5.69 Å². The molecule has 30 heavy (non-hydrogen) atoms. The van der Waals surface area contributed by atoms with Crippen LogP contribution >= 0.6 is 11.8 Å². The molecular weight excluding hydrogens is 428 g/mol. The highest BCUT2D eigenvalue weighted by Crippen LogP contribution is 2.34. The lowest BCUT2D eigenvalue weighted by Crippen LogP contribution is -2.28. The minimum atomic E-state index is -3.35. The number of ketones is 1. The van der Waals surface area contributed by atoms with Crippen LogP contribution in [-0.4, -0.2) is 56.5 Å². The van der Waals surface area contributed by atoms with Gasteiger partial charge >= 0.3 is 5.97 Å². The zero-order chi connectivity index (χ0) is 22.1. The number of carbonyl (C=O) groups is 2. The predicted molar refractivity (Wildman–Crippen MR) is 110 cm³/mol. The molecule has 0 unspecified atom stereocenters. The topological polar surface area (TPSA) is 132 Å². The highest BCUT2D eigenvalue weighted by atomic mass is 32.2. The van der Waals surface area contributed by atoms with Crippen molar-refractivity contribution in [1.82, 2.24) is 20.2 Å². The van der Waals surface area contributed by atoms with Crippen molar-refractivity contribution < 1.29 is 23.1 Å². The van der Waals surface area contributed by atoms with E-state index in [0.717, 1.165) is 18.0 Å². The van der Waals surface area contributed by atoms with Gasteiger partial charge in [0, 0.05) is 11.8 Å². The Labute approximate surface area is 177 Å². The number of hydrogen-bond acceptors (Lipinski definition) is 8. The molecule has 11 heteroatoms. The molecule has 156 valence electrons. The molecular formula is C19H18N4O5S2. The summed E-state index contributed by atoms with van der Waals surface area (Å²) >= 11 is 1.14. The predicted octanol–water partition coefficient (Wildman–Crippen LogP) is 2.52. The van der Waals surface area contributed by atoms with E-state index in [4.69, 9.17) is 5.11 Å². The fraction of sp³-hybridized carbons (Fsp3) is 0.211. The fourth-order valence-corrected chi connectivity index (χ4v) is 4.23. The van der Waals surface area contributed by atoms with Gasteiger partial charge in [0.05, 0.1) is 20.9 Å². The molecule has 0 fully saturated rings. The highest BCUT2D eigenvalue weighted by Gasteiger charge is 2.32. The number of nitrogens with zero attached hydrogens (tertiary/aromatic N) is 4. The number of aromatic carboxylic acids is 1. The number of aromatic nitrogens is 4. The first-order chi connectivity index (χ1) is 14.0. The summed E-state index contributed by atoms with van der Waals surface area (Å²) in [6.45, 7) is 3.44. The average molecular weight is 447 g/mol. The molecule has 3 aromatic rings. The molecule has 0 saturated carbocycles. The molecule has 0 atom stereocenters. The van der Waals surface area contributed by atoms with E-state index in [9.17, 15) is 18.0 Å². The third kappa shape index (κ3) is 4.57. The van der Waals surface area contributed by atoms with E-state index in [1.807, 2.05) is 0 Å². The second-order valence-corrected chi connectivity index (χ2v) is 10.6. The van der Waals surface area contributed by atoms with E-state index in [1.165, 1.54) is 41.1 Å². The van der Waals surface area contributed by atoms with E-state index in [2.05, 4.69) is 15.5 Å². The summed E-state index contributed by atoms with van der Waals surface area (Å²) in [5.41, 5.74) is 1.05. The van der Waals surface area contributed by atoms with Gasteiger partial charge in [0.1, 0.15) is 0 Å². The van der Waals surface area contributed by atoms with Crippen LogP contribution < -0.4 is 0 Å². The maximum atomic E-state index is 13.0. The molecule has 1 N–H and O–H groups in total. The van der Waals surface area contributed by atoms with Gasteiger partial charge in [-0.2, -0.15) is 4.68 Å². The van der Waals surface area contributed by atoms with E-state index >= 15 is 0 Å². The number of carboxylic acid groups (broad SMARTS) is 1. The molecule has 0 amide bonds. The molecule has 0 aliphatic carbocycles. The van der Waals surface area contributed by atoms with Gasteiger partial charge in [0.15, 0.2) is 15.6 Å². The van der Waals surface area contributed by atoms with Crippen LogP contribution in [-0.2, 0) is 9.84 Å². The number of thioether (sulfide) groups is 1. The van der Waals surface area contributed by atoms with Gasteiger partial charge in [-0.25, -0.2) is 13.2 Å². The standard InChI is InChI=1S/C19H18N4O5S2/c1-19(2,16(24)12-6-10-15(11-7-12)30(3,27)28)29-18-20-21-22-23(18)14-8-4-13(5-9-14)17(25)26/h4-11H,1-3H3,(H,25,26). The maximum absolute atomic E-state index is 13.0. The van der Waals surface area contributed by atoms with E-state index < -0.39 is 20.6 Å². The molecule has 0 radical (unpaired) electrons. The van der Waals surface area contributed by atoms with Crippen LogP contribution in [0.15, 0.2) is 58.6 Å². The van der Waals surface area contributed by atoms with Crippen LogP contribution in [0.25, 0.3) is 5.69 Å². The molecule has 1 aromatic heterocycles. The van der Waals surface area contributed by atoms with Gasteiger partial charge in [-0.15, -0.1) is 5.10 Å². The van der Waals surface area contributed by atoms with Crippen LogP contribution in [0.4, 0.5) is 0 Å². The number of hydrogen-bond donors (Lipinski definition) is 1.